The highest BCUT2D eigenvalue weighted by Gasteiger charge is 2.13. The lowest BCUT2D eigenvalue weighted by Gasteiger charge is -2.13. The topological polar surface area (TPSA) is 78.9 Å². The second-order valence-corrected chi connectivity index (χ2v) is 4.14. The van der Waals surface area contributed by atoms with Crippen molar-refractivity contribution in [2.24, 2.45) is 11.7 Å². The number of hydrogen-bond acceptors (Lipinski definition) is 3. The van der Waals surface area contributed by atoms with Gasteiger partial charge >= 0.3 is 0 Å². The molecule has 4 heteroatoms. The molecule has 0 aromatic heterocycles. The molecule has 0 rings (SSSR count). The molecule has 0 aliphatic carbocycles. The molecular weight excluding hydrogens is 190 g/mol. The van der Waals surface area contributed by atoms with Crippen molar-refractivity contribution in [3.8, 4) is 6.07 Å². The van der Waals surface area contributed by atoms with Crippen LogP contribution in [0.25, 0.3) is 0 Å². The van der Waals surface area contributed by atoms with E-state index in [9.17, 15) is 4.79 Å². The number of carbonyl (C=O) groups is 1. The number of nitrogens with zero attached hydrogens (tertiary/aromatic N) is 1. The van der Waals surface area contributed by atoms with E-state index in [1.165, 1.54) is 0 Å². The summed E-state index contributed by atoms with van der Waals surface area (Å²) in [7, 11) is 0. The average molecular weight is 211 g/mol. The van der Waals surface area contributed by atoms with E-state index in [0.717, 1.165) is 12.8 Å². The molecule has 0 bridgehead atoms. The first-order chi connectivity index (χ1) is 7.07. The van der Waals surface area contributed by atoms with Crippen molar-refractivity contribution in [3.63, 3.8) is 0 Å². The lowest BCUT2D eigenvalue weighted by molar-refractivity contribution is -0.122. The van der Waals surface area contributed by atoms with Crippen molar-refractivity contribution < 1.29 is 4.79 Å². The molecule has 3 N–H and O–H groups in total. The van der Waals surface area contributed by atoms with Crippen LogP contribution in [0.1, 0.15) is 39.5 Å². The minimum Gasteiger partial charge on any atom is -0.355 e. The van der Waals surface area contributed by atoms with Gasteiger partial charge in [-0.25, -0.2) is 0 Å². The van der Waals surface area contributed by atoms with E-state index in [1.54, 1.807) is 0 Å². The summed E-state index contributed by atoms with van der Waals surface area (Å²) >= 11 is 0. The molecule has 0 fully saturated rings. The molecule has 0 aliphatic rings. The van der Waals surface area contributed by atoms with Crippen LogP contribution in [0.3, 0.4) is 0 Å². The number of hydrogen-bond donors (Lipinski definition) is 2. The van der Waals surface area contributed by atoms with Gasteiger partial charge < -0.3 is 11.1 Å². The zero-order valence-corrected chi connectivity index (χ0v) is 9.62. The molecule has 15 heavy (non-hydrogen) atoms. The number of nitriles is 1. The maximum atomic E-state index is 11.4. The molecular formula is C11H21N3O. The van der Waals surface area contributed by atoms with E-state index < -0.39 is 6.04 Å². The van der Waals surface area contributed by atoms with Gasteiger partial charge in [-0.05, 0) is 25.2 Å². The summed E-state index contributed by atoms with van der Waals surface area (Å²) in [5.41, 5.74) is 5.69. The van der Waals surface area contributed by atoms with Gasteiger partial charge in [-0.15, -0.1) is 0 Å². The van der Waals surface area contributed by atoms with Crippen molar-refractivity contribution in [1.82, 2.24) is 5.32 Å². The van der Waals surface area contributed by atoms with Crippen LogP contribution in [0.2, 0.25) is 0 Å². The molecule has 1 amide bonds. The minimum atomic E-state index is -0.402. The molecule has 0 radical (unpaired) electrons. The molecule has 0 spiro atoms. The van der Waals surface area contributed by atoms with Gasteiger partial charge in [0.25, 0.3) is 0 Å². The fraction of sp³-hybridized carbons (Fsp3) is 0.818. The number of nitrogens with one attached hydrogen (secondary N) is 1. The number of amides is 1. The third-order valence-corrected chi connectivity index (χ3v) is 2.08. The number of rotatable bonds is 7. The third-order valence-electron chi connectivity index (χ3n) is 2.08. The first kappa shape index (κ1) is 13.9. The van der Waals surface area contributed by atoms with Crippen LogP contribution in [-0.2, 0) is 4.79 Å². The average Bonchev–Trinajstić information content (AvgIpc) is 2.16. The fourth-order valence-corrected chi connectivity index (χ4v) is 1.29. The van der Waals surface area contributed by atoms with E-state index in [1.807, 2.05) is 13.8 Å². The van der Waals surface area contributed by atoms with E-state index in [-0.39, 0.29) is 5.91 Å². The van der Waals surface area contributed by atoms with E-state index in [0.29, 0.717) is 25.3 Å². The fourth-order valence-electron chi connectivity index (χ4n) is 1.29. The Morgan fingerprint density at radius 3 is 2.67 bits per heavy atom. The van der Waals surface area contributed by atoms with Crippen LogP contribution < -0.4 is 11.1 Å². The predicted molar refractivity (Wildman–Crippen MR) is 59.9 cm³/mol. The maximum Gasteiger partial charge on any atom is 0.236 e. The summed E-state index contributed by atoms with van der Waals surface area (Å²) in [5, 5.41) is 11.1. The monoisotopic (exact) mass is 211 g/mol. The molecule has 0 saturated carbocycles. The summed E-state index contributed by atoms with van der Waals surface area (Å²) in [6.45, 7) is 4.70. The Bertz CT molecular complexity index is 220. The van der Waals surface area contributed by atoms with Gasteiger partial charge in [0.15, 0.2) is 0 Å². The van der Waals surface area contributed by atoms with Crippen molar-refractivity contribution in [2.45, 2.75) is 45.6 Å². The van der Waals surface area contributed by atoms with Gasteiger partial charge in [-0.2, -0.15) is 5.26 Å². The predicted octanol–water partition coefficient (Wildman–Crippen LogP) is 1.17. The molecule has 1 atom stereocenters. The normalized spacial score (nSPS) is 12.2. The second-order valence-electron chi connectivity index (χ2n) is 4.14. The van der Waals surface area contributed by atoms with Gasteiger partial charge in [-0.3, -0.25) is 4.79 Å². The van der Waals surface area contributed by atoms with Crippen LogP contribution >= 0.6 is 0 Å². The first-order valence-electron chi connectivity index (χ1n) is 5.48. The minimum absolute atomic E-state index is 0.0827. The zero-order valence-electron chi connectivity index (χ0n) is 9.62. The Hall–Kier alpha value is -1.08. The van der Waals surface area contributed by atoms with Gasteiger partial charge in [0, 0.05) is 13.0 Å². The van der Waals surface area contributed by atoms with Gasteiger partial charge in [0.2, 0.25) is 5.91 Å². The Morgan fingerprint density at radius 2 is 2.13 bits per heavy atom. The second kappa shape index (κ2) is 8.25. The quantitative estimate of drug-likeness (QED) is 0.620. The molecule has 4 nitrogen and oxygen atoms in total. The van der Waals surface area contributed by atoms with Crippen molar-refractivity contribution >= 4 is 5.91 Å². The summed E-state index contributed by atoms with van der Waals surface area (Å²) in [4.78, 5) is 11.4. The van der Waals surface area contributed by atoms with Crippen LogP contribution in [0, 0.1) is 17.2 Å². The van der Waals surface area contributed by atoms with Crippen LogP contribution in [0.5, 0.6) is 0 Å². The van der Waals surface area contributed by atoms with Crippen molar-refractivity contribution in [1.29, 1.82) is 5.26 Å². The van der Waals surface area contributed by atoms with E-state index in [2.05, 4.69) is 11.4 Å². The smallest absolute Gasteiger partial charge is 0.236 e. The Morgan fingerprint density at radius 1 is 1.47 bits per heavy atom. The largest absolute Gasteiger partial charge is 0.355 e. The lowest BCUT2D eigenvalue weighted by atomic mass is 10.0. The molecule has 0 saturated heterocycles. The first-order valence-corrected chi connectivity index (χ1v) is 5.48. The summed E-state index contributed by atoms with van der Waals surface area (Å²) in [6.07, 6.45) is 2.93. The van der Waals surface area contributed by atoms with Crippen LogP contribution in [0.15, 0.2) is 0 Å². The third kappa shape index (κ3) is 7.95. The highest BCUT2D eigenvalue weighted by molar-refractivity contribution is 5.81. The van der Waals surface area contributed by atoms with Crippen molar-refractivity contribution in [2.75, 3.05) is 6.54 Å². The molecule has 86 valence electrons. The summed E-state index contributed by atoms with van der Waals surface area (Å²) in [5.74, 6) is 0.352. The zero-order chi connectivity index (χ0) is 11.7. The lowest BCUT2D eigenvalue weighted by Crippen LogP contribution is -2.41. The van der Waals surface area contributed by atoms with Crippen LogP contribution in [0.4, 0.5) is 0 Å². The summed E-state index contributed by atoms with van der Waals surface area (Å²) in [6, 6.07) is 1.67. The Kier molecular flexibility index (Phi) is 7.65. The molecule has 0 aliphatic heterocycles. The Labute approximate surface area is 91.8 Å². The number of unbranched alkanes of at least 4 members (excludes halogenated alkanes) is 2. The van der Waals surface area contributed by atoms with Gasteiger partial charge in [0.05, 0.1) is 12.1 Å². The van der Waals surface area contributed by atoms with Crippen molar-refractivity contribution in [3.05, 3.63) is 0 Å². The highest BCUT2D eigenvalue weighted by Crippen LogP contribution is 2.02. The number of carbonyl (C=O) groups excluding carboxylic acids is 1. The summed E-state index contributed by atoms with van der Waals surface area (Å²) < 4.78 is 0. The highest BCUT2D eigenvalue weighted by atomic mass is 16.2. The standard InChI is InChI=1S/C11H21N3O/c1-9(2)8-10(13)11(15)14-7-5-3-4-6-12/h9-10H,3-5,7-8,13H2,1-2H3,(H,14,15)/t10-/m0/s1. The SMILES string of the molecule is CC(C)C[C@H](N)C(=O)NCCCCC#N. The molecule has 0 aromatic carbocycles. The van der Waals surface area contributed by atoms with Gasteiger partial charge in [-0.1, -0.05) is 13.8 Å². The molecule has 0 unspecified atom stereocenters. The van der Waals surface area contributed by atoms with E-state index >= 15 is 0 Å². The molecule has 0 aromatic rings. The van der Waals surface area contributed by atoms with Crippen LogP contribution in [-0.4, -0.2) is 18.5 Å². The van der Waals surface area contributed by atoms with Gasteiger partial charge in [0.1, 0.15) is 0 Å². The van der Waals surface area contributed by atoms with E-state index in [4.69, 9.17) is 11.0 Å². The number of nitrogens with two attached hydrogens (primary N) is 1. The molecule has 0 heterocycles. The maximum absolute atomic E-state index is 11.4. The Balaban J connectivity index is 3.52.